The summed E-state index contributed by atoms with van der Waals surface area (Å²) in [6.07, 6.45) is 1.95. The zero-order valence-electron chi connectivity index (χ0n) is 8.41. The van der Waals surface area contributed by atoms with Crippen molar-refractivity contribution in [2.45, 2.75) is 12.8 Å². The smallest absolute Gasteiger partial charge is 0.193 e. The first-order valence-electron chi connectivity index (χ1n) is 4.96. The Hall–Kier alpha value is -0.870. The molecule has 1 aromatic rings. The van der Waals surface area contributed by atoms with Crippen LogP contribution < -0.4 is 5.43 Å². The van der Waals surface area contributed by atoms with Gasteiger partial charge in [-0.1, -0.05) is 11.6 Å². The Kier molecular flexibility index (Phi) is 3.61. The molecule has 0 amide bonds. The molecule has 1 saturated carbocycles. The average Bonchev–Trinajstić information content (AvgIpc) is 3.11. The Bertz CT molecular complexity index is 426. The van der Waals surface area contributed by atoms with E-state index < -0.39 is 0 Å². The topological polar surface area (TPSA) is 41.5 Å². The highest BCUT2D eigenvalue weighted by Crippen LogP contribution is 2.31. The van der Waals surface area contributed by atoms with Gasteiger partial charge in [0.15, 0.2) is 10.4 Å². The minimum Gasteiger partial charge on any atom is -0.291 e. The van der Waals surface area contributed by atoms with E-state index in [2.05, 4.69) is 26.5 Å². The average molecular weight is 302 g/mol. The third-order valence-electron chi connectivity index (χ3n) is 2.28. The largest absolute Gasteiger partial charge is 0.291 e. The molecule has 3 nitrogen and oxygen atoms in total. The molecular weight excluding hydrogens is 291 g/mol. The summed E-state index contributed by atoms with van der Waals surface area (Å²) in [5.41, 5.74) is 3.59. The number of anilines is 1. The predicted octanol–water partition coefficient (Wildman–Crippen LogP) is 3.44. The highest BCUT2D eigenvalue weighted by atomic mass is 79.9. The van der Waals surface area contributed by atoms with Crippen LogP contribution in [0.2, 0.25) is 5.02 Å². The lowest BCUT2D eigenvalue weighted by atomic mass is 10.3. The van der Waals surface area contributed by atoms with Crippen molar-refractivity contribution in [3.8, 4) is 0 Å². The third kappa shape index (κ3) is 3.06. The fourth-order valence-corrected chi connectivity index (χ4v) is 1.75. The first-order valence-corrected chi connectivity index (χ1v) is 6.13. The van der Waals surface area contributed by atoms with Crippen molar-refractivity contribution in [1.29, 1.82) is 0 Å². The van der Waals surface area contributed by atoms with Crippen molar-refractivity contribution >= 4 is 43.6 Å². The molecule has 1 fully saturated rings. The number of halogens is 2. The number of carbonyl (C=O) groups excluding carboxylic acids is 1. The molecule has 1 aliphatic rings. The molecule has 2 rings (SSSR count). The zero-order chi connectivity index (χ0) is 11.5. The lowest BCUT2D eigenvalue weighted by Gasteiger charge is -2.01. The van der Waals surface area contributed by atoms with Crippen LogP contribution in [0, 0.1) is 5.92 Å². The summed E-state index contributed by atoms with van der Waals surface area (Å²) in [5.74, 6) is 0.242. The number of hydrazone groups is 1. The molecule has 0 aromatic heterocycles. The minimum absolute atomic E-state index is 0.0708. The van der Waals surface area contributed by atoms with Gasteiger partial charge in [0, 0.05) is 10.9 Å². The quantitative estimate of drug-likeness (QED) is 0.684. The molecule has 1 aromatic carbocycles. The number of nitrogens with zero attached hydrogens (tertiary/aromatic N) is 1. The van der Waals surface area contributed by atoms with Crippen LogP contribution in [0.4, 0.5) is 5.69 Å². The maximum atomic E-state index is 11.5. The summed E-state index contributed by atoms with van der Waals surface area (Å²) < 4.78 is 0.352. The molecule has 1 N–H and O–H groups in total. The van der Waals surface area contributed by atoms with Crippen LogP contribution in [-0.2, 0) is 4.79 Å². The second-order valence-corrected chi connectivity index (χ2v) is 4.85. The molecule has 0 heterocycles. The summed E-state index contributed by atoms with van der Waals surface area (Å²) in [6.45, 7) is 0. The molecule has 84 valence electrons. The van der Waals surface area contributed by atoms with Gasteiger partial charge < -0.3 is 0 Å². The fourth-order valence-electron chi connectivity index (χ4n) is 1.21. The maximum Gasteiger partial charge on any atom is 0.193 e. The van der Waals surface area contributed by atoms with Crippen molar-refractivity contribution in [2.24, 2.45) is 11.0 Å². The van der Waals surface area contributed by atoms with Crippen molar-refractivity contribution < 1.29 is 4.79 Å². The number of benzene rings is 1. The first kappa shape index (κ1) is 11.6. The van der Waals surface area contributed by atoms with E-state index in [1.54, 1.807) is 24.3 Å². The SMILES string of the molecule is O=C(/C(Br)=N/Nc1ccc(Cl)cc1)C1CC1. The molecule has 0 atom stereocenters. The summed E-state index contributed by atoms with van der Waals surface area (Å²) in [7, 11) is 0. The van der Waals surface area contributed by atoms with E-state index in [-0.39, 0.29) is 11.7 Å². The highest BCUT2D eigenvalue weighted by molar-refractivity contribution is 9.19. The lowest BCUT2D eigenvalue weighted by molar-refractivity contribution is -0.113. The number of ketones is 1. The standard InChI is InChI=1S/C11H10BrClN2O/c12-11(10(16)7-1-2-7)15-14-9-5-3-8(13)4-6-9/h3-7,14H,1-2H2/b15-11-. The maximum absolute atomic E-state index is 11.5. The number of rotatable bonds is 4. The van der Waals surface area contributed by atoms with Gasteiger partial charge in [-0.2, -0.15) is 5.10 Å². The number of Topliss-reactive ketones (excluding diaryl/α,β-unsaturated/α-hetero) is 1. The van der Waals surface area contributed by atoms with Gasteiger partial charge in [-0.15, -0.1) is 0 Å². The second kappa shape index (κ2) is 4.97. The van der Waals surface area contributed by atoms with Crippen LogP contribution in [0.3, 0.4) is 0 Å². The molecule has 0 saturated heterocycles. The number of carbonyl (C=O) groups is 1. The Morgan fingerprint density at radius 3 is 2.56 bits per heavy atom. The van der Waals surface area contributed by atoms with Gasteiger partial charge in [-0.25, -0.2) is 0 Å². The van der Waals surface area contributed by atoms with E-state index in [4.69, 9.17) is 11.6 Å². The van der Waals surface area contributed by atoms with Crippen molar-refractivity contribution in [1.82, 2.24) is 0 Å². The predicted molar refractivity (Wildman–Crippen MR) is 69.2 cm³/mol. The van der Waals surface area contributed by atoms with Gasteiger partial charge in [-0.3, -0.25) is 10.2 Å². The molecule has 5 heteroatoms. The van der Waals surface area contributed by atoms with Gasteiger partial charge in [0.2, 0.25) is 0 Å². The van der Waals surface area contributed by atoms with Gasteiger partial charge in [0.1, 0.15) is 0 Å². The highest BCUT2D eigenvalue weighted by Gasteiger charge is 2.31. The molecular formula is C11H10BrClN2O. The summed E-state index contributed by atoms with van der Waals surface area (Å²) in [6, 6.07) is 7.12. The van der Waals surface area contributed by atoms with Gasteiger partial charge in [0.25, 0.3) is 0 Å². The molecule has 0 unspecified atom stereocenters. The summed E-state index contributed by atoms with van der Waals surface area (Å²) in [4.78, 5) is 11.5. The van der Waals surface area contributed by atoms with Gasteiger partial charge in [-0.05, 0) is 53.0 Å². The normalized spacial score (nSPS) is 16.0. The number of hydrogen-bond acceptors (Lipinski definition) is 3. The van der Waals surface area contributed by atoms with Gasteiger partial charge in [0.05, 0.1) is 5.69 Å². The van der Waals surface area contributed by atoms with Crippen molar-refractivity contribution in [3.05, 3.63) is 29.3 Å². The molecule has 16 heavy (non-hydrogen) atoms. The summed E-state index contributed by atoms with van der Waals surface area (Å²) in [5, 5.41) is 4.65. The Morgan fingerprint density at radius 1 is 1.38 bits per heavy atom. The van der Waals surface area contributed by atoms with E-state index in [1.165, 1.54) is 0 Å². The summed E-state index contributed by atoms with van der Waals surface area (Å²) >= 11 is 8.92. The second-order valence-electron chi connectivity index (χ2n) is 3.66. The van der Waals surface area contributed by atoms with Crippen LogP contribution in [0.25, 0.3) is 0 Å². The third-order valence-corrected chi connectivity index (χ3v) is 3.10. The first-order chi connectivity index (χ1) is 7.66. The van der Waals surface area contributed by atoms with E-state index in [0.717, 1.165) is 18.5 Å². The number of nitrogens with one attached hydrogen (secondary N) is 1. The van der Waals surface area contributed by atoms with E-state index in [0.29, 0.717) is 9.64 Å². The van der Waals surface area contributed by atoms with E-state index >= 15 is 0 Å². The van der Waals surface area contributed by atoms with Crippen LogP contribution >= 0.6 is 27.5 Å². The molecule has 0 bridgehead atoms. The van der Waals surface area contributed by atoms with Crippen molar-refractivity contribution in [3.63, 3.8) is 0 Å². The minimum atomic E-state index is 0.0708. The zero-order valence-corrected chi connectivity index (χ0v) is 10.8. The lowest BCUT2D eigenvalue weighted by Crippen LogP contribution is -2.10. The molecule has 0 aliphatic heterocycles. The monoisotopic (exact) mass is 300 g/mol. The Balaban J connectivity index is 1.96. The van der Waals surface area contributed by atoms with E-state index in [1.807, 2.05) is 0 Å². The van der Waals surface area contributed by atoms with E-state index in [9.17, 15) is 4.79 Å². The van der Waals surface area contributed by atoms with Crippen molar-refractivity contribution in [2.75, 3.05) is 5.43 Å². The Morgan fingerprint density at radius 2 is 2.00 bits per heavy atom. The van der Waals surface area contributed by atoms with Crippen LogP contribution in [0.15, 0.2) is 29.4 Å². The van der Waals surface area contributed by atoms with Gasteiger partial charge >= 0.3 is 0 Å². The Labute approximate surface area is 107 Å². The van der Waals surface area contributed by atoms with Crippen LogP contribution in [-0.4, -0.2) is 10.4 Å². The van der Waals surface area contributed by atoms with Crippen LogP contribution in [0.5, 0.6) is 0 Å². The molecule has 1 aliphatic carbocycles. The molecule has 0 radical (unpaired) electrons. The molecule has 0 spiro atoms. The number of hydrogen-bond donors (Lipinski definition) is 1. The van der Waals surface area contributed by atoms with Crippen LogP contribution in [0.1, 0.15) is 12.8 Å². The fraction of sp³-hybridized carbons (Fsp3) is 0.273.